The smallest absolute Gasteiger partial charge is 0.287 e. The van der Waals surface area contributed by atoms with Crippen molar-refractivity contribution >= 4 is 28.5 Å². The van der Waals surface area contributed by atoms with Crippen LogP contribution in [0.15, 0.2) is 46.9 Å². The molecule has 0 radical (unpaired) electrons. The molecule has 3 rings (SSSR count). The van der Waals surface area contributed by atoms with E-state index in [1.807, 2.05) is 51.4 Å². The van der Waals surface area contributed by atoms with Gasteiger partial charge in [0, 0.05) is 22.5 Å². The van der Waals surface area contributed by atoms with Gasteiger partial charge >= 0.3 is 0 Å². The number of carbonyl (C=O) groups is 1. The first-order chi connectivity index (χ1) is 12.9. The summed E-state index contributed by atoms with van der Waals surface area (Å²) >= 11 is 6.05. The molecule has 2 aromatic carbocycles. The summed E-state index contributed by atoms with van der Waals surface area (Å²) in [5.41, 5.74) is 2.50. The van der Waals surface area contributed by atoms with Gasteiger partial charge in [-0.3, -0.25) is 4.79 Å². The van der Waals surface area contributed by atoms with Crippen LogP contribution in [0.1, 0.15) is 27.7 Å². The van der Waals surface area contributed by atoms with Gasteiger partial charge in [-0.2, -0.15) is 0 Å². The Morgan fingerprint density at radius 1 is 1.26 bits per heavy atom. The Bertz CT molecular complexity index is 965. The topological polar surface area (TPSA) is 54.7 Å². The molecule has 1 heterocycles. The summed E-state index contributed by atoms with van der Waals surface area (Å²) in [4.78, 5) is 14.8. The second kappa shape index (κ2) is 8.03. The summed E-state index contributed by atoms with van der Waals surface area (Å²) in [6, 6.07) is 13.2. The van der Waals surface area contributed by atoms with Gasteiger partial charge in [0.1, 0.15) is 11.3 Å². The van der Waals surface area contributed by atoms with E-state index in [1.165, 1.54) is 0 Å². The summed E-state index contributed by atoms with van der Waals surface area (Å²) in [6.07, 6.45) is 0. The number of amides is 1. The summed E-state index contributed by atoms with van der Waals surface area (Å²) < 4.78 is 11.1. The number of ether oxygens (including phenoxy) is 1. The van der Waals surface area contributed by atoms with E-state index in [2.05, 4.69) is 10.2 Å². The predicted molar refractivity (Wildman–Crippen MR) is 108 cm³/mol. The zero-order valence-electron chi connectivity index (χ0n) is 15.9. The monoisotopic (exact) mass is 386 g/mol. The molecule has 0 aliphatic carbocycles. The first-order valence-electron chi connectivity index (χ1n) is 8.68. The number of halogens is 1. The molecule has 0 saturated heterocycles. The minimum atomic E-state index is -0.241. The van der Waals surface area contributed by atoms with Gasteiger partial charge in [-0.05, 0) is 56.9 Å². The Hall–Kier alpha value is -2.50. The van der Waals surface area contributed by atoms with Gasteiger partial charge in [-0.25, -0.2) is 0 Å². The minimum absolute atomic E-state index is 0.00294. The van der Waals surface area contributed by atoms with E-state index in [4.69, 9.17) is 20.8 Å². The molecule has 0 spiro atoms. The number of likely N-dealkylation sites (N-methyl/N-ethyl adjacent to an activating group) is 1. The lowest BCUT2D eigenvalue weighted by Gasteiger charge is -2.25. The molecule has 1 atom stereocenters. The summed E-state index contributed by atoms with van der Waals surface area (Å²) in [6.45, 7) is 2.30. The number of furan rings is 1. The van der Waals surface area contributed by atoms with Crippen molar-refractivity contribution < 1.29 is 13.9 Å². The lowest BCUT2D eigenvalue weighted by Crippen LogP contribution is -2.34. The van der Waals surface area contributed by atoms with Gasteiger partial charge in [0.2, 0.25) is 0 Å². The fourth-order valence-electron chi connectivity index (χ4n) is 3.13. The number of hydrogen-bond donors (Lipinski definition) is 1. The van der Waals surface area contributed by atoms with Crippen LogP contribution in [0, 0.1) is 6.92 Å². The number of fused-ring (bicyclic) bond motifs is 1. The molecule has 5 nitrogen and oxygen atoms in total. The molecule has 27 heavy (non-hydrogen) atoms. The maximum atomic E-state index is 12.7. The largest absolute Gasteiger partial charge is 0.497 e. The molecule has 142 valence electrons. The summed E-state index contributed by atoms with van der Waals surface area (Å²) in [5.74, 6) is 0.862. The lowest BCUT2D eigenvalue weighted by molar-refractivity contribution is 0.0915. The van der Waals surface area contributed by atoms with Crippen LogP contribution in [-0.4, -0.2) is 38.6 Å². The van der Waals surface area contributed by atoms with E-state index in [-0.39, 0.29) is 11.9 Å². The molecular weight excluding hydrogens is 364 g/mol. The molecule has 0 bridgehead atoms. The number of nitrogens with one attached hydrogen (secondary N) is 1. The summed E-state index contributed by atoms with van der Waals surface area (Å²) in [7, 11) is 5.59. The minimum Gasteiger partial charge on any atom is -0.497 e. The number of aryl methyl sites for hydroxylation is 1. The fourth-order valence-corrected chi connectivity index (χ4v) is 3.30. The maximum absolute atomic E-state index is 12.7. The molecule has 3 aromatic rings. The number of nitrogens with zero attached hydrogens (tertiary/aromatic N) is 1. The molecule has 1 amide bonds. The Morgan fingerprint density at radius 2 is 2.04 bits per heavy atom. The number of benzene rings is 2. The number of rotatable bonds is 6. The van der Waals surface area contributed by atoms with Gasteiger partial charge in [0.05, 0.1) is 13.2 Å². The van der Waals surface area contributed by atoms with Crippen molar-refractivity contribution in [2.24, 2.45) is 0 Å². The third-order valence-corrected chi connectivity index (χ3v) is 4.90. The van der Waals surface area contributed by atoms with Crippen LogP contribution in [0.5, 0.6) is 5.75 Å². The van der Waals surface area contributed by atoms with Gasteiger partial charge in [0.15, 0.2) is 5.76 Å². The highest BCUT2D eigenvalue weighted by atomic mass is 35.5. The van der Waals surface area contributed by atoms with Gasteiger partial charge in [-0.1, -0.05) is 23.7 Å². The molecule has 0 aliphatic rings. The van der Waals surface area contributed by atoms with Crippen LogP contribution in [-0.2, 0) is 0 Å². The van der Waals surface area contributed by atoms with Gasteiger partial charge < -0.3 is 19.4 Å². The Labute approximate surface area is 163 Å². The van der Waals surface area contributed by atoms with Crippen molar-refractivity contribution in [3.63, 3.8) is 0 Å². The van der Waals surface area contributed by atoms with Crippen molar-refractivity contribution in [1.29, 1.82) is 0 Å². The normalized spacial score (nSPS) is 12.4. The second-order valence-electron chi connectivity index (χ2n) is 6.66. The highest BCUT2D eigenvalue weighted by Gasteiger charge is 2.21. The van der Waals surface area contributed by atoms with Crippen molar-refractivity contribution in [3.05, 3.63) is 64.4 Å². The first kappa shape index (κ1) is 19.3. The van der Waals surface area contributed by atoms with Crippen LogP contribution in [0.25, 0.3) is 11.0 Å². The zero-order chi connectivity index (χ0) is 19.6. The summed E-state index contributed by atoms with van der Waals surface area (Å²) in [5, 5.41) is 4.45. The second-order valence-corrected chi connectivity index (χ2v) is 7.10. The number of methoxy groups -OCH3 is 1. The zero-order valence-corrected chi connectivity index (χ0v) is 16.6. The van der Waals surface area contributed by atoms with E-state index in [9.17, 15) is 4.79 Å². The van der Waals surface area contributed by atoms with Crippen molar-refractivity contribution in [3.8, 4) is 5.75 Å². The van der Waals surface area contributed by atoms with Crippen molar-refractivity contribution in [2.75, 3.05) is 27.7 Å². The SMILES string of the molecule is COc1cccc(C(CNC(=O)c2oc3ccc(Cl)cc3c2C)N(C)C)c1. The highest BCUT2D eigenvalue weighted by Crippen LogP contribution is 2.28. The van der Waals surface area contributed by atoms with E-state index in [0.717, 1.165) is 22.3 Å². The Kier molecular flexibility index (Phi) is 5.73. The van der Waals surface area contributed by atoms with E-state index in [0.29, 0.717) is 22.9 Å². The van der Waals surface area contributed by atoms with Crippen LogP contribution >= 0.6 is 11.6 Å². The molecule has 0 aliphatic heterocycles. The van der Waals surface area contributed by atoms with Crippen LogP contribution in [0.4, 0.5) is 0 Å². The molecule has 0 saturated carbocycles. The molecule has 1 unspecified atom stereocenters. The highest BCUT2D eigenvalue weighted by molar-refractivity contribution is 6.31. The fraction of sp³-hybridized carbons (Fsp3) is 0.286. The molecule has 1 aromatic heterocycles. The van der Waals surface area contributed by atoms with E-state index in [1.54, 1.807) is 19.2 Å². The lowest BCUT2D eigenvalue weighted by atomic mass is 10.1. The predicted octanol–water partition coefficient (Wildman–Crippen LogP) is 4.44. The van der Waals surface area contributed by atoms with Crippen LogP contribution < -0.4 is 10.1 Å². The maximum Gasteiger partial charge on any atom is 0.287 e. The third kappa shape index (κ3) is 4.10. The van der Waals surface area contributed by atoms with Crippen molar-refractivity contribution in [2.45, 2.75) is 13.0 Å². The Morgan fingerprint density at radius 3 is 2.74 bits per heavy atom. The third-order valence-electron chi connectivity index (χ3n) is 4.66. The molecule has 1 N–H and O–H groups in total. The van der Waals surface area contributed by atoms with E-state index < -0.39 is 0 Å². The van der Waals surface area contributed by atoms with Gasteiger partial charge in [0.25, 0.3) is 5.91 Å². The Balaban J connectivity index is 1.79. The van der Waals surface area contributed by atoms with Crippen LogP contribution in [0.2, 0.25) is 5.02 Å². The average molecular weight is 387 g/mol. The molecular formula is C21H23ClN2O3. The quantitative estimate of drug-likeness (QED) is 0.680. The van der Waals surface area contributed by atoms with Gasteiger partial charge in [-0.15, -0.1) is 0 Å². The number of hydrogen-bond acceptors (Lipinski definition) is 4. The standard InChI is InChI=1S/C21H23ClN2O3/c1-13-17-11-15(22)8-9-19(17)27-20(13)21(25)23-12-18(24(2)3)14-6-5-7-16(10-14)26-4/h5-11,18H,12H2,1-4H3,(H,23,25). The average Bonchev–Trinajstić information content (AvgIpc) is 2.98. The first-order valence-corrected chi connectivity index (χ1v) is 9.05. The van der Waals surface area contributed by atoms with E-state index >= 15 is 0 Å². The van der Waals surface area contributed by atoms with Crippen LogP contribution in [0.3, 0.4) is 0 Å². The number of carbonyl (C=O) groups excluding carboxylic acids is 1. The van der Waals surface area contributed by atoms with Crippen molar-refractivity contribution in [1.82, 2.24) is 10.2 Å². The molecule has 6 heteroatoms. The molecule has 0 fully saturated rings.